The molecular weight excluding hydrogens is 350 g/mol. The quantitative estimate of drug-likeness (QED) is 0.648. The summed E-state index contributed by atoms with van der Waals surface area (Å²) in [4.78, 5) is 17.6. The number of aliphatic hydroxyl groups excluding tert-OH is 1. The van der Waals surface area contributed by atoms with Gasteiger partial charge in [-0.05, 0) is 85.7 Å². The average Bonchev–Trinajstić information content (AvgIpc) is 2.68. The van der Waals surface area contributed by atoms with Crippen molar-refractivity contribution in [2.75, 3.05) is 23.3 Å². The lowest BCUT2D eigenvalue weighted by Gasteiger charge is -2.32. The Balaban J connectivity index is 1.47. The first-order valence-corrected chi connectivity index (χ1v) is 9.90. The Morgan fingerprint density at radius 1 is 1.14 bits per heavy atom. The van der Waals surface area contributed by atoms with Gasteiger partial charge in [-0.1, -0.05) is 0 Å². The fraction of sp³-hybridized carbons (Fsp3) is 0.348. The topological polar surface area (TPSA) is 68.4 Å². The van der Waals surface area contributed by atoms with Gasteiger partial charge in [0.2, 0.25) is 0 Å². The fourth-order valence-electron chi connectivity index (χ4n) is 3.83. The number of pyridine rings is 1. The van der Waals surface area contributed by atoms with E-state index in [4.69, 9.17) is 0 Å². The van der Waals surface area contributed by atoms with E-state index in [2.05, 4.69) is 47.2 Å². The normalized spacial score (nSPS) is 17.1. The average molecular weight is 377 g/mol. The van der Waals surface area contributed by atoms with Crippen molar-refractivity contribution in [3.8, 4) is 0 Å². The predicted octanol–water partition coefficient (Wildman–Crippen LogP) is 3.72. The maximum atomic E-state index is 12.4. The van der Waals surface area contributed by atoms with Crippen molar-refractivity contribution < 1.29 is 5.11 Å². The van der Waals surface area contributed by atoms with E-state index in [1.54, 1.807) is 0 Å². The summed E-state index contributed by atoms with van der Waals surface area (Å²) in [7, 11) is 0. The van der Waals surface area contributed by atoms with Crippen molar-refractivity contribution in [3.05, 3.63) is 69.5 Å². The highest BCUT2D eigenvalue weighted by Gasteiger charge is 2.17. The number of H-pyrrole nitrogens is 1. The van der Waals surface area contributed by atoms with Gasteiger partial charge in [-0.2, -0.15) is 0 Å². The first-order valence-electron chi connectivity index (χ1n) is 9.90. The number of nitrogens with one attached hydrogen (secondary N) is 2. The summed E-state index contributed by atoms with van der Waals surface area (Å²) in [6.45, 7) is 6.28. The van der Waals surface area contributed by atoms with Gasteiger partial charge >= 0.3 is 0 Å². The molecule has 2 aromatic carbocycles. The van der Waals surface area contributed by atoms with Crippen molar-refractivity contribution in [3.63, 3.8) is 0 Å². The number of β-amino-alcohol motifs (C(OH)–C–C–N with tert-alkyl or cyclic N) is 1. The molecule has 0 bridgehead atoms. The fourth-order valence-corrected chi connectivity index (χ4v) is 3.83. The van der Waals surface area contributed by atoms with Crippen LogP contribution in [0.15, 0.2) is 47.3 Å². The second kappa shape index (κ2) is 7.68. The Bertz CT molecular complexity index is 1040. The molecule has 1 saturated heterocycles. The number of fused-ring (bicyclic) bond motifs is 1. The molecule has 1 aromatic heterocycles. The molecule has 1 fully saturated rings. The molecule has 146 valence electrons. The molecule has 5 heteroatoms. The van der Waals surface area contributed by atoms with Crippen LogP contribution in [0.5, 0.6) is 0 Å². The zero-order valence-electron chi connectivity index (χ0n) is 16.5. The van der Waals surface area contributed by atoms with Crippen LogP contribution in [-0.2, 0) is 6.54 Å². The molecule has 0 amide bonds. The molecule has 0 saturated carbocycles. The van der Waals surface area contributed by atoms with Crippen LogP contribution in [0.4, 0.5) is 11.4 Å². The van der Waals surface area contributed by atoms with Crippen LogP contribution in [-0.4, -0.2) is 29.3 Å². The zero-order chi connectivity index (χ0) is 19.7. The third-order valence-electron chi connectivity index (χ3n) is 5.65. The number of hydrogen-bond donors (Lipinski definition) is 3. The molecule has 0 radical (unpaired) electrons. The van der Waals surface area contributed by atoms with Crippen LogP contribution in [0.25, 0.3) is 10.9 Å². The SMILES string of the molecule is Cc1cc2cc(CNc3ccc(N4CCC[C@@H](O)C4)cc3)c(=O)[nH]c2cc1C. The van der Waals surface area contributed by atoms with Crippen LogP contribution in [0.3, 0.4) is 0 Å². The first-order chi connectivity index (χ1) is 13.5. The van der Waals surface area contributed by atoms with E-state index >= 15 is 0 Å². The van der Waals surface area contributed by atoms with E-state index in [0.717, 1.165) is 47.2 Å². The summed E-state index contributed by atoms with van der Waals surface area (Å²) >= 11 is 0. The molecule has 5 nitrogen and oxygen atoms in total. The smallest absolute Gasteiger partial charge is 0.253 e. The van der Waals surface area contributed by atoms with Crippen molar-refractivity contribution in [2.24, 2.45) is 0 Å². The second-order valence-corrected chi connectivity index (χ2v) is 7.79. The highest BCUT2D eigenvalue weighted by atomic mass is 16.3. The maximum absolute atomic E-state index is 12.4. The molecule has 1 aliphatic rings. The van der Waals surface area contributed by atoms with E-state index in [-0.39, 0.29) is 11.7 Å². The van der Waals surface area contributed by atoms with Gasteiger partial charge in [0.15, 0.2) is 0 Å². The van der Waals surface area contributed by atoms with E-state index in [9.17, 15) is 9.90 Å². The molecule has 3 aromatic rings. The van der Waals surface area contributed by atoms with Gasteiger partial charge in [-0.15, -0.1) is 0 Å². The highest BCUT2D eigenvalue weighted by molar-refractivity contribution is 5.80. The van der Waals surface area contributed by atoms with Crippen LogP contribution in [0, 0.1) is 13.8 Å². The number of aromatic nitrogens is 1. The van der Waals surface area contributed by atoms with Gasteiger partial charge < -0.3 is 20.3 Å². The van der Waals surface area contributed by atoms with Gasteiger partial charge in [0.1, 0.15) is 0 Å². The minimum Gasteiger partial charge on any atom is -0.391 e. The maximum Gasteiger partial charge on any atom is 0.253 e. The Morgan fingerprint density at radius 2 is 1.89 bits per heavy atom. The lowest BCUT2D eigenvalue weighted by Crippen LogP contribution is -2.38. The standard InChI is InChI=1S/C23H27N3O2/c1-15-10-17-12-18(23(28)25-22(17)11-16(15)2)13-24-19-5-7-20(8-6-19)26-9-3-4-21(27)14-26/h5-8,10-12,21,24,27H,3-4,9,13-14H2,1-2H3,(H,25,28)/t21-/m1/s1. The zero-order valence-corrected chi connectivity index (χ0v) is 16.5. The number of rotatable bonds is 4. The Morgan fingerprint density at radius 3 is 2.64 bits per heavy atom. The van der Waals surface area contributed by atoms with Crippen molar-refractivity contribution >= 4 is 22.3 Å². The molecule has 2 heterocycles. The summed E-state index contributed by atoms with van der Waals surface area (Å²) in [5, 5.41) is 14.3. The number of aryl methyl sites for hydroxylation is 2. The Hall–Kier alpha value is -2.79. The van der Waals surface area contributed by atoms with Gasteiger partial charge in [0, 0.05) is 42.1 Å². The third-order valence-corrected chi connectivity index (χ3v) is 5.65. The first kappa shape index (κ1) is 18.6. The third kappa shape index (κ3) is 3.90. The van der Waals surface area contributed by atoms with Crippen LogP contribution in [0.1, 0.15) is 29.5 Å². The lowest BCUT2D eigenvalue weighted by atomic mass is 10.0. The number of nitrogens with zero attached hydrogens (tertiary/aromatic N) is 1. The number of hydrogen-bond acceptors (Lipinski definition) is 4. The van der Waals surface area contributed by atoms with Gasteiger partial charge in [0.25, 0.3) is 5.56 Å². The molecule has 28 heavy (non-hydrogen) atoms. The van der Waals surface area contributed by atoms with Gasteiger partial charge in [-0.3, -0.25) is 4.79 Å². The summed E-state index contributed by atoms with van der Waals surface area (Å²) in [6.07, 6.45) is 1.67. The van der Waals surface area contributed by atoms with E-state index in [1.165, 1.54) is 11.1 Å². The Labute approximate surface area is 165 Å². The number of anilines is 2. The van der Waals surface area contributed by atoms with Crippen LogP contribution >= 0.6 is 0 Å². The largest absolute Gasteiger partial charge is 0.391 e. The molecule has 0 spiro atoms. The molecular formula is C23H27N3O2. The number of aliphatic hydroxyl groups is 1. The molecule has 3 N–H and O–H groups in total. The minimum atomic E-state index is -0.237. The summed E-state index contributed by atoms with van der Waals surface area (Å²) < 4.78 is 0. The van der Waals surface area contributed by atoms with Crippen molar-refractivity contribution in [1.29, 1.82) is 0 Å². The molecule has 1 atom stereocenters. The summed E-state index contributed by atoms with van der Waals surface area (Å²) in [5.74, 6) is 0. The molecule has 0 unspecified atom stereocenters. The van der Waals surface area contributed by atoms with Gasteiger partial charge in [0.05, 0.1) is 6.10 Å². The van der Waals surface area contributed by atoms with Crippen LogP contribution < -0.4 is 15.8 Å². The second-order valence-electron chi connectivity index (χ2n) is 7.79. The summed E-state index contributed by atoms with van der Waals surface area (Å²) in [5.41, 5.74) is 6.04. The van der Waals surface area contributed by atoms with Crippen molar-refractivity contribution in [1.82, 2.24) is 4.98 Å². The van der Waals surface area contributed by atoms with E-state index < -0.39 is 0 Å². The molecule has 0 aliphatic carbocycles. The molecule has 4 rings (SSSR count). The summed E-state index contributed by atoms with van der Waals surface area (Å²) in [6, 6.07) is 14.3. The molecule has 1 aliphatic heterocycles. The monoisotopic (exact) mass is 377 g/mol. The van der Waals surface area contributed by atoms with Crippen LogP contribution in [0.2, 0.25) is 0 Å². The van der Waals surface area contributed by atoms with Gasteiger partial charge in [-0.25, -0.2) is 0 Å². The highest BCUT2D eigenvalue weighted by Crippen LogP contribution is 2.22. The van der Waals surface area contributed by atoms with Crippen molar-refractivity contribution in [2.45, 2.75) is 39.3 Å². The number of piperidine rings is 1. The lowest BCUT2D eigenvalue weighted by molar-refractivity contribution is 0.154. The number of aromatic amines is 1. The minimum absolute atomic E-state index is 0.0535. The van der Waals surface area contributed by atoms with E-state index in [0.29, 0.717) is 13.1 Å². The van der Waals surface area contributed by atoms with E-state index in [1.807, 2.05) is 24.3 Å². The number of benzene rings is 2. The predicted molar refractivity (Wildman–Crippen MR) is 115 cm³/mol. The Kier molecular flexibility index (Phi) is 5.09.